The first kappa shape index (κ1) is 16.4. The molecule has 0 bridgehead atoms. The van der Waals surface area contributed by atoms with Gasteiger partial charge in [-0.3, -0.25) is 9.69 Å². The number of fused-ring (bicyclic) bond motifs is 1. The van der Waals surface area contributed by atoms with Crippen molar-refractivity contribution in [2.45, 2.75) is 37.1 Å². The first-order valence-electron chi connectivity index (χ1n) is 8.03. The molecule has 2 N–H and O–H groups in total. The summed E-state index contributed by atoms with van der Waals surface area (Å²) in [4.78, 5) is 17.1. The molecule has 2 fully saturated rings. The van der Waals surface area contributed by atoms with Gasteiger partial charge in [-0.2, -0.15) is 0 Å². The SMILES string of the molecule is Cc1ccc(S(N)(=O)=O)cc1C(=O)N1CCN2CCCC[C@@H]2C1. The number of aryl methyl sites for hydroxylation is 1. The Morgan fingerprint density at radius 1 is 1.22 bits per heavy atom. The number of hydrogen-bond acceptors (Lipinski definition) is 4. The summed E-state index contributed by atoms with van der Waals surface area (Å²) in [6, 6.07) is 4.92. The highest BCUT2D eigenvalue weighted by atomic mass is 32.2. The summed E-state index contributed by atoms with van der Waals surface area (Å²) < 4.78 is 23.1. The molecular formula is C16H23N3O3S. The summed E-state index contributed by atoms with van der Waals surface area (Å²) in [7, 11) is -3.80. The lowest BCUT2D eigenvalue weighted by molar-refractivity contribution is 0.0372. The fourth-order valence-electron chi connectivity index (χ4n) is 3.52. The topological polar surface area (TPSA) is 83.7 Å². The molecule has 1 aromatic carbocycles. The average Bonchev–Trinajstić information content (AvgIpc) is 2.53. The molecule has 23 heavy (non-hydrogen) atoms. The van der Waals surface area contributed by atoms with Crippen LogP contribution in [0.2, 0.25) is 0 Å². The average molecular weight is 337 g/mol. The van der Waals surface area contributed by atoms with Crippen LogP contribution in [0.25, 0.3) is 0 Å². The van der Waals surface area contributed by atoms with Gasteiger partial charge in [-0.25, -0.2) is 13.6 Å². The second-order valence-corrected chi connectivity index (χ2v) is 8.02. The molecule has 2 heterocycles. The first-order chi connectivity index (χ1) is 10.9. The van der Waals surface area contributed by atoms with E-state index in [0.717, 1.165) is 31.6 Å². The minimum absolute atomic E-state index is 0.0113. The van der Waals surface area contributed by atoms with Crippen LogP contribution in [0.4, 0.5) is 0 Å². The number of nitrogens with zero attached hydrogens (tertiary/aromatic N) is 2. The van der Waals surface area contributed by atoms with Crippen molar-refractivity contribution in [2.75, 3.05) is 26.2 Å². The molecule has 2 aliphatic rings. The van der Waals surface area contributed by atoms with Gasteiger partial charge < -0.3 is 4.90 Å². The third kappa shape index (κ3) is 3.41. The van der Waals surface area contributed by atoms with E-state index in [1.807, 2.05) is 11.8 Å². The first-order valence-corrected chi connectivity index (χ1v) is 9.57. The Morgan fingerprint density at radius 3 is 2.74 bits per heavy atom. The molecule has 0 radical (unpaired) electrons. The number of piperidine rings is 1. The van der Waals surface area contributed by atoms with Crippen LogP contribution >= 0.6 is 0 Å². The molecule has 1 aromatic rings. The quantitative estimate of drug-likeness (QED) is 0.871. The monoisotopic (exact) mass is 337 g/mol. The molecular weight excluding hydrogens is 314 g/mol. The molecule has 1 amide bonds. The number of carbonyl (C=O) groups excluding carboxylic acids is 1. The van der Waals surface area contributed by atoms with E-state index in [9.17, 15) is 13.2 Å². The van der Waals surface area contributed by atoms with E-state index in [2.05, 4.69) is 4.90 Å². The van der Waals surface area contributed by atoms with Gasteiger partial charge in [-0.05, 0) is 44.0 Å². The van der Waals surface area contributed by atoms with Gasteiger partial charge >= 0.3 is 0 Å². The zero-order valence-electron chi connectivity index (χ0n) is 13.4. The standard InChI is InChI=1S/C16H23N3O3S/c1-12-5-6-14(23(17,21)22)10-15(12)16(20)19-9-8-18-7-3-2-4-13(18)11-19/h5-6,10,13H,2-4,7-9,11H2,1H3,(H2,17,21,22)/t13-/m1/s1. The van der Waals surface area contributed by atoms with E-state index in [4.69, 9.17) is 5.14 Å². The number of benzene rings is 1. The van der Waals surface area contributed by atoms with Crippen molar-refractivity contribution in [2.24, 2.45) is 5.14 Å². The smallest absolute Gasteiger partial charge is 0.254 e. The number of primary sulfonamides is 1. The highest BCUT2D eigenvalue weighted by Crippen LogP contribution is 2.23. The maximum absolute atomic E-state index is 12.8. The molecule has 0 unspecified atom stereocenters. The summed E-state index contributed by atoms with van der Waals surface area (Å²) in [6.07, 6.45) is 3.57. The summed E-state index contributed by atoms with van der Waals surface area (Å²) in [5, 5.41) is 5.18. The van der Waals surface area contributed by atoms with Gasteiger partial charge in [0.2, 0.25) is 10.0 Å². The Labute approximate surface area is 137 Å². The van der Waals surface area contributed by atoms with E-state index < -0.39 is 10.0 Å². The van der Waals surface area contributed by atoms with Gasteiger partial charge in [-0.1, -0.05) is 12.5 Å². The van der Waals surface area contributed by atoms with Crippen LogP contribution in [0, 0.1) is 6.92 Å². The van der Waals surface area contributed by atoms with Crippen LogP contribution < -0.4 is 5.14 Å². The van der Waals surface area contributed by atoms with Crippen LogP contribution in [0.1, 0.15) is 35.2 Å². The highest BCUT2D eigenvalue weighted by molar-refractivity contribution is 7.89. The van der Waals surface area contributed by atoms with E-state index in [1.165, 1.54) is 25.0 Å². The van der Waals surface area contributed by atoms with Crippen LogP contribution in [-0.2, 0) is 10.0 Å². The minimum Gasteiger partial charge on any atom is -0.336 e. The Bertz CT molecular complexity index is 717. The second kappa shape index (κ2) is 6.22. The predicted octanol–water partition coefficient (Wildman–Crippen LogP) is 0.953. The summed E-state index contributed by atoms with van der Waals surface area (Å²) in [6.45, 7) is 5.24. The Kier molecular flexibility index (Phi) is 4.44. The van der Waals surface area contributed by atoms with Gasteiger partial charge in [0.15, 0.2) is 0 Å². The molecule has 0 aromatic heterocycles. The molecule has 2 saturated heterocycles. The van der Waals surface area contributed by atoms with Crippen molar-refractivity contribution >= 4 is 15.9 Å². The molecule has 0 aliphatic carbocycles. The molecule has 126 valence electrons. The number of piperazine rings is 1. The maximum Gasteiger partial charge on any atom is 0.254 e. The maximum atomic E-state index is 12.8. The number of hydrogen-bond donors (Lipinski definition) is 1. The molecule has 1 atom stereocenters. The molecule has 0 spiro atoms. The third-order valence-electron chi connectivity index (χ3n) is 4.89. The van der Waals surface area contributed by atoms with E-state index >= 15 is 0 Å². The van der Waals surface area contributed by atoms with Crippen molar-refractivity contribution < 1.29 is 13.2 Å². The predicted molar refractivity (Wildman–Crippen MR) is 87.7 cm³/mol. The number of carbonyl (C=O) groups is 1. The van der Waals surface area contributed by atoms with E-state index in [0.29, 0.717) is 18.2 Å². The summed E-state index contributed by atoms with van der Waals surface area (Å²) in [5.74, 6) is -0.0989. The highest BCUT2D eigenvalue weighted by Gasteiger charge is 2.32. The number of rotatable bonds is 2. The number of sulfonamides is 1. The number of amides is 1. The fraction of sp³-hybridized carbons (Fsp3) is 0.562. The van der Waals surface area contributed by atoms with E-state index in [-0.39, 0.29) is 10.8 Å². The molecule has 6 nitrogen and oxygen atoms in total. The second-order valence-electron chi connectivity index (χ2n) is 6.46. The fourth-order valence-corrected chi connectivity index (χ4v) is 4.06. The van der Waals surface area contributed by atoms with Gasteiger partial charge in [0, 0.05) is 31.2 Å². The van der Waals surface area contributed by atoms with Crippen molar-refractivity contribution in [3.63, 3.8) is 0 Å². The van der Waals surface area contributed by atoms with Gasteiger partial charge in [-0.15, -0.1) is 0 Å². The Morgan fingerprint density at radius 2 is 2.00 bits per heavy atom. The largest absolute Gasteiger partial charge is 0.336 e. The van der Waals surface area contributed by atoms with Crippen LogP contribution in [0.5, 0.6) is 0 Å². The van der Waals surface area contributed by atoms with Gasteiger partial charge in [0.1, 0.15) is 0 Å². The van der Waals surface area contributed by atoms with Crippen molar-refractivity contribution in [1.82, 2.24) is 9.80 Å². The lowest BCUT2D eigenvalue weighted by atomic mass is 9.98. The molecule has 2 aliphatic heterocycles. The van der Waals surface area contributed by atoms with Gasteiger partial charge in [0.05, 0.1) is 4.90 Å². The Hall–Kier alpha value is -1.44. The van der Waals surface area contributed by atoms with Gasteiger partial charge in [0.25, 0.3) is 5.91 Å². The van der Waals surface area contributed by atoms with Crippen molar-refractivity contribution in [3.05, 3.63) is 29.3 Å². The molecule has 7 heteroatoms. The van der Waals surface area contributed by atoms with Crippen molar-refractivity contribution in [1.29, 1.82) is 0 Å². The molecule has 3 rings (SSSR count). The summed E-state index contributed by atoms with van der Waals surface area (Å²) in [5.41, 5.74) is 1.20. The van der Waals surface area contributed by atoms with E-state index in [1.54, 1.807) is 6.07 Å². The molecule has 0 saturated carbocycles. The minimum atomic E-state index is -3.80. The zero-order chi connectivity index (χ0) is 16.6. The van der Waals surface area contributed by atoms with Crippen LogP contribution in [0.15, 0.2) is 23.1 Å². The third-order valence-corrected chi connectivity index (χ3v) is 5.80. The normalized spacial score (nSPS) is 22.7. The zero-order valence-corrected chi connectivity index (χ0v) is 14.2. The van der Waals surface area contributed by atoms with Crippen LogP contribution in [0.3, 0.4) is 0 Å². The van der Waals surface area contributed by atoms with Crippen molar-refractivity contribution in [3.8, 4) is 0 Å². The number of nitrogens with two attached hydrogens (primary N) is 1. The summed E-state index contributed by atoms with van der Waals surface area (Å²) >= 11 is 0. The van der Waals surface area contributed by atoms with Crippen LogP contribution in [-0.4, -0.2) is 56.3 Å². The lowest BCUT2D eigenvalue weighted by Crippen LogP contribution is -2.56. The Balaban J connectivity index is 1.83. The lowest BCUT2D eigenvalue weighted by Gasteiger charge is -2.44.